The van der Waals surface area contributed by atoms with E-state index in [-0.39, 0.29) is 50.2 Å². The zero-order valence-electron chi connectivity index (χ0n) is 22.6. The van der Waals surface area contributed by atoms with Crippen molar-refractivity contribution in [2.75, 3.05) is 13.1 Å². The molecule has 0 bridgehead atoms. The molecule has 1 unspecified atom stereocenters. The van der Waals surface area contributed by atoms with E-state index >= 15 is 4.39 Å². The van der Waals surface area contributed by atoms with E-state index in [4.69, 9.17) is 4.74 Å². The summed E-state index contributed by atoms with van der Waals surface area (Å²) in [5, 5.41) is 5.62. The monoisotopic (exact) mass is 642 g/mol. The van der Waals surface area contributed by atoms with Gasteiger partial charge >= 0.3 is 15.6 Å². The molecule has 1 aromatic carbocycles. The second-order valence-corrected chi connectivity index (χ2v) is 12.3. The van der Waals surface area contributed by atoms with E-state index in [0.29, 0.717) is 25.6 Å². The summed E-state index contributed by atoms with van der Waals surface area (Å²) in [6, 6.07) is 2.58. The highest BCUT2D eigenvalue weighted by molar-refractivity contribution is 7.88. The molecule has 0 aliphatic carbocycles. The van der Waals surface area contributed by atoms with E-state index in [0.717, 1.165) is 17.4 Å². The highest BCUT2D eigenvalue weighted by Crippen LogP contribution is 2.48. The molecular weight excluding hydrogens is 619 g/mol. The van der Waals surface area contributed by atoms with Crippen LogP contribution < -0.4 is 8.92 Å². The maximum absolute atomic E-state index is 15.6. The minimum Gasteiger partial charge on any atom is -0.490 e. The van der Waals surface area contributed by atoms with Gasteiger partial charge in [0, 0.05) is 47.2 Å². The number of likely N-dealkylation sites (tertiary alicyclic amines) is 1. The first kappa shape index (κ1) is 30.4. The highest BCUT2D eigenvalue weighted by atomic mass is 32.2. The third kappa shape index (κ3) is 5.80. The standard InChI is InChI=1S/C27H23F5N4O5S2/c1-4-21(37)35-7-5-17(13-35)36-12-15(11-33-36)24-23(22-19(29)9-16(28)10-20(22)40-14(2)3)25-18(6-8-42-25)26(34-24)41-43(38,39)27(30,31)32/h4,6,8-12,14,17H,1,5,7,13H2,2-3H3. The van der Waals surface area contributed by atoms with E-state index in [2.05, 4.69) is 20.8 Å². The molecular formula is C27H23F5N4O5S2. The molecule has 1 aliphatic rings. The van der Waals surface area contributed by atoms with E-state index in [1.165, 1.54) is 34.6 Å². The van der Waals surface area contributed by atoms with Crippen LogP contribution in [0.4, 0.5) is 22.0 Å². The summed E-state index contributed by atoms with van der Waals surface area (Å²) in [6.07, 6.45) is 4.00. The number of pyridine rings is 1. The Morgan fingerprint density at radius 2 is 1.98 bits per heavy atom. The molecule has 9 nitrogen and oxygen atoms in total. The number of alkyl halides is 3. The number of hydrogen-bond acceptors (Lipinski definition) is 8. The van der Waals surface area contributed by atoms with Crippen molar-refractivity contribution in [3.8, 4) is 34.0 Å². The molecule has 3 aromatic heterocycles. The molecule has 1 aliphatic heterocycles. The SMILES string of the molecule is C=CC(=O)N1CCC(n2cc(-c3nc(OS(=O)(=O)C(F)(F)F)c4ccsc4c3-c3c(F)cc(F)cc3OC(C)C)cn2)C1. The molecule has 1 saturated heterocycles. The molecule has 0 radical (unpaired) electrons. The zero-order valence-corrected chi connectivity index (χ0v) is 24.2. The molecule has 1 atom stereocenters. The third-order valence-electron chi connectivity index (χ3n) is 6.58. The summed E-state index contributed by atoms with van der Waals surface area (Å²) in [6.45, 7) is 7.48. The van der Waals surface area contributed by atoms with Gasteiger partial charge in [-0.2, -0.15) is 26.7 Å². The summed E-state index contributed by atoms with van der Waals surface area (Å²) in [4.78, 5) is 17.8. The summed E-state index contributed by atoms with van der Waals surface area (Å²) in [5.41, 5.74) is -6.02. The van der Waals surface area contributed by atoms with Gasteiger partial charge < -0.3 is 13.8 Å². The summed E-state index contributed by atoms with van der Waals surface area (Å²) >= 11 is 0.951. The quantitative estimate of drug-likeness (QED) is 0.0994. The molecule has 4 aromatic rings. The van der Waals surface area contributed by atoms with Gasteiger partial charge in [0.25, 0.3) is 0 Å². The molecule has 0 saturated carbocycles. The van der Waals surface area contributed by atoms with Crippen LogP contribution in [0.15, 0.2) is 48.6 Å². The van der Waals surface area contributed by atoms with E-state index in [1.807, 2.05) is 0 Å². The normalized spacial score (nSPS) is 15.8. The van der Waals surface area contributed by atoms with Crippen molar-refractivity contribution >= 4 is 37.4 Å². The average molecular weight is 643 g/mol. The van der Waals surface area contributed by atoms with Crippen LogP contribution in [0.5, 0.6) is 11.6 Å². The van der Waals surface area contributed by atoms with Crippen molar-refractivity contribution in [2.24, 2.45) is 0 Å². The van der Waals surface area contributed by atoms with Gasteiger partial charge in [0.05, 0.1) is 35.0 Å². The fourth-order valence-corrected chi connectivity index (χ4v) is 6.11. The highest BCUT2D eigenvalue weighted by Gasteiger charge is 2.49. The van der Waals surface area contributed by atoms with Crippen molar-refractivity contribution in [3.63, 3.8) is 0 Å². The number of benzene rings is 1. The Bertz CT molecular complexity index is 1830. The Labute approximate surface area is 246 Å². The van der Waals surface area contributed by atoms with Gasteiger partial charge in [0.15, 0.2) is 0 Å². The van der Waals surface area contributed by atoms with Gasteiger partial charge in [0.2, 0.25) is 11.8 Å². The zero-order chi connectivity index (χ0) is 31.3. The second kappa shape index (κ2) is 11.2. The van der Waals surface area contributed by atoms with E-state index < -0.39 is 39.2 Å². The van der Waals surface area contributed by atoms with Crippen LogP contribution in [0, 0.1) is 11.6 Å². The van der Waals surface area contributed by atoms with Crippen LogP contribution in [0.25, 0.3) is 32.5 Å². The van der Waals surface area contributed by atoms with Gasteiger partial charge in [0.1, 0.15) is 17.4 Å². The summed E-state index contributed by atoms with van der Waals surface area (Å²) in [5.74, 6) is -3.34. The second-order valence-electron chi connectivity index (χ2n) is 9.85. The van der Waals surface area contributed by atoms with Crippen LogP contribution in [0.3, 0.4) is 0 Å². The van der Waals surface area contributed by atoms with Gasteiger partial charge in [-0.15, -0.1) is 11.3 Å². The third-order valence-corrected chi connectivity index (χ3v) is 8.45. The number of amides is 1. The molecule has 0 spiro atoms. The largest absolute Gasteiger partial charge is 0.534 e. The Kier molecular flexibility index (Phi) is 7.94. The molecule has 4 heterocycles. The van der Waals surface area contributed by atoms with E-state index in [9.17, 15) is 30.8 Å². The Morgan fingerprint density at radius 3 is 2.65 bits per heavy atom. The predicted octanol–water partition coefficient (Wildman–Crippen LogP) is 6.08. The lowest BCUT2D eigenvalue weighted by atomic mass is 9.98. The van der Waals surface area contributed by atoms with Crippen molar-refractivity contribution in [2.45, 2.75) is 37.9 Å². The van der Waals surface area contributed by atoms with E-state index in [1.54, 1.807) is 18.7 Å². The Hall–Kier alpha value is -4.05. The van der Waals surface area contributed by atoms with Crippen LogP contribution in [0.1, 0.15) is 26.3 Å². The number of ether oxygens (including phenoxy) is 1. The fraction of sp³-hybridized carbons (Fsp3) is 0.296. The van der Waals surface area contributed by atoms with Gasteiger partial charge in [-0.25, -0.2) is 13.8 Å². The summed E-state index contributed by atoms with van der Waals surface area (Å²) < 4.78 is 106. The van der Waals surface area contributed by atoms with Crippen molar-refractivity contribution in [3.05, 3.63) is 60.3 Å². The number of thiophene rings is 1. The molecule has 5 rings (SSSR count). The number of aromatic nitrogens is 3. The predicted molar refractivity (Wildman–Crippen MR) is 148 cm³/mol. The van der Waals surface area contributed by atoms with Crippen LogP contribution in [-0.2, 0) is 14.9 Å². The van der Waals surface area contributed by atoms with Crippen molar-refractivity contribution in [1.82, 2.24) is 19.7 Å². The number of fused-ring (bicyclic) bond motifs is 1. The molecule has 16 heteroatoms. The lowest BCUT2D eigenvalue weighted by Gasteiger charge is -2.19. The van der Waals surface area contributed by atoms with Crippen molar-refractivity contribution in [1.29, 1.82) is 0 Å². The number of rotatable bonds is 8. The smallest absolute Gasteiger partial charge is 0.490 e. The molecule has 0 N–H and O–H groups in total. The Morgan fingerprint density at radius 1 is 1.23 bits per heavy atom. The van der Waals surface area contributed by atoms with Crippen LogP contribution in [0.2, 0.25) is 0 Å². The number of halogens is 5. The van der Waals surface area contributed by atoms with Crippen LogP contribution in [-0.4, -0.2) is 58.7 Å². The maximum atomic E-state index is 15.6. The van der Waals surface area contributed by atoms with Gasteiger partial charge in [-0.1, -0.05) is 6.58 Å². The number of carbonyl (C=O) groups excluding carboxylic acids is 1. The number of carbonyl (C=O) groups is 1. The number of hydrogen-bond donors (Lipinski definition) is 0. The Balaban J connectivity index is 1.74. The number of nitrogens with zero attached hydrogens (tertiary/aromatic N) is 4. The molecule has 1 amide bonds. The topological polar surface area (TPSA) is 104 Å². The first-order valence-electron chi connectivity index (χ1n) is 12.7. The lowest BCUT2D eigenvalue weighted by molar-refractivity contribution is -0.125. The van der Waals surface area contributed by atoms with Gasteiger partial charge in [-0.3, -0.25) is 9.48 Å². The lowest BCUT2D eigenvalue weighted by Crippen LogP contribution is -2.28. The van der Waals surface area contributed by atoms with Crippen LogP contribution >= 0.6 is 11.3 Å². The minimum absolute atomic E-state index is 0.00402. The molecule has 43 heavy (non-hydrogen) atoms. The first-order chi connectivity index (χ1) is 20.2. The van der Waals surface area contributed by atoms with Crippen molar-refractivity contribution < 1.29 is 44.1 Å². The molecule has 228 valence electrons. The maximum Gasteiger partial charge on any atom is 0.534 e. The first-order valence-corrected chi connectivity index (χ1v) is 15.0. The average Bonchev–Trinajstić information content (AvgIpc) is 3.68. The van der Waals surface area contributed by atoms with Gasteiger partial charge in [-0.05, 0) is 37.8 Å². The summed E-state index contributed by atoms with van der Waals surface area (Å²) in [7, 11) is -6.13. The minimum atomic E-state index is -6.13. The molecule has 1 fully saturated rings. The fourth-order valence-electron chi connectivity index (χ4n) is 4.74.